The van der Waals surface area contributed by atoms with E-state index in [9.17, 15) is 4.79 Å². The Kier molecular flexibility index (Phi) is 4.11. The molecule has 0 radical (unpaired) electrons. The smallest absolute Gasteiger partial charge is 0.152 e. The first-order valence-electron chi connectivity index (χ1n) is 5.95. The minimum atomic E-state index is 0.563. The molecule has 2 rings (SSSR count). The average molecular weight is 260 g/mol. The summed E-state index contributed by atoms with van der Waals surface area (Å²) in [6, 6.07) is 9.39. The summed E-state index contributed by atoms with van der Waals surface area (Å²) in [6.07, 6.45) is 4.55. The summed E-state index contributed by atoms with van der Waals surface area (Å²) in [5.41, 5.74) is 3.24. The van der Waals surface area contributed by atoms with Crippen molar-refractivity contribution in [3.05, 3.63) is 52.7 Å². The molecule has 18 heavy (non-hydrogen) atoms. The van der Waals surface area contributed by atoms with E-state index in [0.717, 1.165) is 24.7 Å². The van der Waals surface area contributed by atoms with Gasteiger partial charge >= 0.3 is 0 Å². The van der Waals surface area contributed by atoms with E-state index >= 15 is 0 Å². The Balaban J connectivity index is 2.55. The van der Waals surface area contributed by atoms with Crippen LogP contribution < -0.4 is 0 Å². The summed E-state index contributed by atoms with van der Waals surface area (Å²) < 4.78 is 0. The van der Waals surface area contributed by atoms with Crippen LogP contribution in [-0.2, 0) is 6.42 Å². The number of carbonyl (C=O) groups excluding carboxylic acids is 1. The number of nitrogens with zero attached hydrogens (tertiary/aromatic N) is 1. The summed E-state index contributed by atoms with van der Waals surface area (Å²) in [5, 5.41) is 0.622. The van der Waals surface area contributed by atoms with Crippen LogP contribution in [0.5, 0.6) is 0 Å². The Morgan fingerprint density at radius 1 is 1.33 bits per heavy atom. The lowest BCUT2D eigenvalue weighted by Gasteiger charge is -2.08. The Bertz CT molecular complexity index is 566. The minimum Gasteiger partial charge on any atom is -0.298 e. The molecule has 0 spiro atoms. The molecule has 3 heteroatoms. The number of hydrogen-bond donors (Lipinski definition) is 0. The fraction of sp³-hybridized carbons (Fsp3) is 0.200. The second-order valence-corrected chi connectivity index (χ2v) is 4.53. The lowest BCUT2D eigenvalue weighted by molar-refractivity contribution is 0.112. The standard InChI is InChI=1S/C15H14ClNO/c1-2-4-11-6-7-14(16)13(9-11)15-12(10-18)5-3-8-17-15/h3,5-10H,2,4H2,1H3. The van der Waals surface area contributed by atoms with Gasteiger partial charge in [-0.25, -0.2) is 0 Å². The summed E-state index contributed by atoms with van der Waals surface area (Å²) in [7, 11) is 0. The van der Waals surface area contributed by atoms with E-state index in [0.29, 0.717) is 16.3 Å². The molecule has 0 atom stereocenters. The van der Waals surface area contributed by atoms with Crippen molar-refractivity contribution >= 4 is 17.9 Å². The van der Waals surface area contributed by atoms with E-state index in [1.165, 1.54) is 5.56 Å². The number of benzene rings is 1. The highest BCUT2D eigenvalue weighted by atomic mass is 35.5. The van der Waals surface area contributed by atoms with Gasteiger partial charge in [0.1, 0.15) is 0 Å². The second-order valence-electron chi connectivity index (χ2n) is 4.12. The van der Waals surface area contributed by atoms with Gasteiger partial charge in [-0.2, -0.15) is 0 Å². The maximum Gasteiger partial charge on any atom is 0.152 e. The van der Waals surface area contributed by atoms with E-state index in [1.54, 1.807) is 18.3 Å². The van der Waals surface area contributed by atoms with Crippen molar-refractivity contribution in [2.24, 2.45) is 0 Å². The van der Waals surface area contributed by atoms with Crippen molar-refractivity contribution in [3.8, 4) is 11.3 Å². The van der Waals surface area contributed by atoms with Gasteiger partial charge in [-0.05, 0) is 36.2 Å². The number of carbonyl (C=O) groups is 1. The third kappa shape index (κ3) is 2.59. The largest absolute Gasteiger partial charge is 0.298 e. The lowest BCUT2D eigenvalue weighted by atomic mass is 10.0. The highest BCUT2D eigenvalue weighted by Gasteiger charge is 2.10. The lowest BCUT2D eigenvalue weighted by Crippen LogP contribution is -1.93. The van der Waals surface area contributed by atoms with Crippen LogP contribution in [0.1, 0.15) is 29.3 Å². The molecule has 0 unspecified atom stereocenters. The Morgan fingerprint density at radius 2 is 2.17 bits per heavy atom. The third-order valence-electron chi connectivity index (χ3n) is 2.79. The fourth-order valence-corrected chi connectivity index (χ4v) is 2.14. The van der Waals surface area contributed by atoms with Crippen LogP contribution in [0.15, 0.2) is 36.5 Å². The molecule has 0 N–H and O–H groups in total. The number of halogens is 1. The zero-order valence-electron chi connectivity index (χ0n) is 10.2. The average Bonchev–Trinajstić information content (AvgIpc) is 2.41. The molecule has 0 saturated heterocycles. The van der Waals surface area contributed by atoms with Gasteiger partial charge in [0.05, 0.1) is 5.69 Å². The topological polar surface area (TPSA) is 30.0 Å². The third-order valence-corrected chi connectivity index (χ3v) is 3.12. The summed E-state index contributed by atoms with van der Waals surface area (Å²) in [6.45, 7) is 2.13. The first kappa shape index (κ1) is 12.8. The van der Waals surface area contributed by atoms with Crippen molar-refractivity contribution in [1.82, 2.24) is 4.98 Å². The first-order valence-corrected chi connectivity index (χ1v) is 6.33. The number of pyridine rings is 1. The second kappa shape index (κ2) is 5.78. The highest BCUT2D eigenvalue weighted by Crippen LogP contribution is 2.29. The van der Waals surface area contributed by atoms with Crippen LogP contribution >= 0.6 is 11.6 Å². The van der Waals surface area contributed by atoms with Gasteiger partial charge in [0.15, 0.2) is 6.29 Å². The van der Waals surface area contributed by atoms with E-state index in [-0.39, 0.29) is 0 Å². The van der Waals surface area contributed by atoms with Crippen LogP contribution in [0.25, 0.3) is 11.3 Å². The first-order chi connectivity index (χ1) is 8.76. The van der Waals surface area contributed by atoms with Gasteiger partial charge in [0.25, 0.3) is 0 Å². The molecule has 0 aliphatic rings. The monoisotopic (exact) mass is 259 g/mol. The molecule has 1 aromatic carbocycles. The van der Waals surface area contributed by atoms with Crippen LogP contribution in [0, 0.1) is 0 Å². The van der Waals surface area contributed by atoms with Gasteiger partial charge in [0, 0.05) is 22.3 Å². The summed E-state index contributed by atoms with van der Waals surface area (Å²) in [4.78, 5) is 15.3. The summed E-state index contributed by atoms with van der Waals surface area (Å²) in [5.74, 6) is 0. The zero-order chi connectivity index (χ0) is 13.0. The number of aryl methyl sites for hydroxylation is 1. The number of rotatable bonds is 4. The number of hydrogen-bond acceptors (Lipinski definition) is 2. The van der Waals surface area contributed by atoms with E-state index in [1.807, 2.05) is 18.2 Å². The number of aromatic nitrogens is 1. The Morgan fingerprint density at radius 3 is 2.89 bits per heavy atom. The quantitative estimate of drug-likeness (QED) is 0.772. The van der Waals surface area contributed by atoms with Crippen molar-refractivity contribution in [2.45, 2.75) is 19.8 Å². The van der Waals surface area contributed by atoms with Gasteiger partial charge < -0.3 is 0 Å². The van der Waals surface area contributed by atoms with Crippen LogP contribution in [0.3, 0.4) is 0 Å². The number of aldehydes is 1. The van der Waals surface area contributed by atoms with E-state index < -0.39 is 0 Å². The molecule has 0 saturated carbocycles. The maximum absolute atomic E-state index is 11.0. The maximum atomic E-state index is 11.0. The fourth-order valence-electron chi connectivity index (χ4n) is 1.94. The van der Waals surface area contributed by atoms with E-state index in [2.05, 4.69) is 11.9 Å². The van der Waals surface area contributed by atoms with Crippen LogP contribution in [0.4, 0.5) is 0 Å². The molecular weight excluding hydrogens is 246 g/mol. The Labute approximate surface area is 112 Å². The molecule has 0 amide bonds. The van der Waals surface area contributed by atoms with Crippen molar-refractivity contribution in [3.63, 3.8) is 0 Å². The van der Waals surface area contributed by atoms with Gasteiger partial charge in [-0.3, -0.25) is 9.78 Å². The molecule has 0 aliphatic carbocycles. The summed E-state index contributed by atoms with van der Waals surface area (Å²) >= 11 is 6.20. The van der Waals surface area contributed by atoms with Crippen molar-refractivity contribution < 1.29 is 4.79 Å². The molecule has 1 aromatic heterocycles. The highest BCUT2D eigenvalue weighted by molar-refractivity contribution is 6.33. The normalized spacial score (nSPS) is 10.3. The van der Waals surface area contributed by atoms with Crippen molar-refractivity contribution in [1.29, 1.82) is 0 Å². The molecule has 2 nitrogen and oxygen atoms in total. The van der Waals surface area contributed by atoms with Gasteiger partial charge in [-0.15, -0.1) is 0 Å². The Hall–Kier alpha value is -1.67. The molecule has 0 aliphatic heterocycles. The molecule has 0 bridgehead atoms. The zero-order valence-corrected chi connectivity index (χ0v) is 10.9. The van der Waals surface area contributed by atoms with Gasteiger partial charge in [0.2, 0.25) is 0 Å². The molecule has 2 aromatic rings. The molecule has 1 heterocycles. The van der Waals surface area contributed by atoms with E-state index in [4.69, 9.17) is 11.6 Å². The van der Waals surface area contributed by atoms with Crippen molar-refractivity contribution in [2.75, 3.05) is 0 Å². The predicted molar refractivity (Wildman–Crippen MR) is 74.1 cm³/mol. The minimum absolute atomic E-state index is 0.563. The van der Waals surface area contributed by atoms with Crippen LogP contribution in [0.2, 0.25) is 5.02 Å². The van der Waals surface area contributed by atoms with Gasteiger partial charge in [-0.1, -0.05) is 31.0 Å². The predicted octanol–water partition coefficient (Wildman–Crippen LogP) is 4.17. The van der Waals surface area contributed by atoms with Crippen LogP contribution in [-0.4, -0.2) is 11.3 Å². The SMILES string of the molecule is CCCc1ccc(Cl)c(-c2ncccc2C=O)c1. The molecule has 92 valence electrons. The molecule has 0 fully saturated rings. The molecular formula is C15H14ClNO.